The summed E-state index contributed by atoms with van der Waals surface area (Å²) in [5.41, 5.74) is 2.67. The maximum Gasteiger partial charge on any atom is 0.123 e. The van der Waals surface area contributed by atoms with Crippen molar-refractivity contribution in [3.63, 3.8) is 0 Å². The first-order chi connectivity index (χ1) is 10.3. The molecule has 0 bridgehead atoms. The molecule has 4 heteroatoms. The van der Waals surface area contributed by atoms with Crippen LogP contribution in [0.25, 0.3) is 0 Å². The van der Waals surface area contributed by atoms with Crippen molar-refractivity contribution in [2.45, 2.75) is 39.5 Å². The molecular weight excluding hydrogens is 280 g/mol. The standard InChI is InChI=1S/C18H22O4/c1-4-5-12(13-6-10(2)15(19)8-17(13)21)14-7-11(3)16(20)9-18(14)22/h6-9,12,19-22H,4-5H2,1-3H3. The molecule has 22 heavy (non-hydrogen) atoms. The SMILES string of the molecule is CCCC(c1cc(C)c(O)cc1O)c1cc(C)c(O)cc1O. The van der Waals surface area contributed by atoms with Gasteiger partial charge in [0.1, 0.15) is 23.0 Å². The minimum absolute atomic E-state index is 0.00618. The largest absolute Gasteiger partial charge is 0.508 e. The summed E-state index contributed by atoms with van der Waals surface area (Å²) in [4.78, 5) is 0. The van der Waals surface area contributed by atoms with E-state index in [1.807, 2.05) is 6.92 Å². The van der Waals surface area contributed by atoms with Gasteiger partial charge in [-0.05, 0) is 43.5 Å². The van der Waals surface area contributed by atoms with Gasteiger partial charge >= 0.3 is 0 Å². The number of hydrogen-bond donors (Lipinski definition) is 4. The van der Waals surface area contributed by atoms with Crippen molar-refractivity contribution in [2.24, 2.45) is 0 Å². The Morgan fingerprint density at radius 3 is 1.50 bits per heavy atom. The molecule has 0 atom stereocenters. The average Bonchev–Trinajstić information content (AvgIpc) is 2.45. The summed E-state index contributed by atoms with van der Waals surface area (Å²) >= 11 is 0. The van der Waals surface area contributed by atoms with Crippen LogP contribution < -0.4 is 0 Å². The summed E-state index contributed by atoms with van der Waals surface area (Å²) in [7, 11) is 0. The van der Waals surface area contributed by atoms with Gasteiger partial charge in [0.2, 0.25) is 0 Å². The number of hydrogen-bond acceptors (Lipinski definition) is 4. The summed E-state index contributed by atoms with van der Waals surface area (Å²) in [5, 5.41) is 39.8. The van der Waals surface area contributed by atoms with Crippen LogP contribution in [-0.4, -0.2) is 20.4 Å². The zero-order valence-electron chi connectivity index (χ0n) is 13.1. The number of phenols is 4. The third-order valence-corrected chi connectivity index (χ3v) is 4.02. The summed E-state index contributed by atoms with van der Waals surface area (Å²) < 4.78 is 0. The lowest BCUT2D eigenvalue weighted by molar-refractivity contribution is 0.432. The summed E-state index contributed by atoms with van der Waals surface area (Å²) in [6.45, 7) is 5.56. The molecule has 0 spiro atoms. The second-order valence-corrected chi connectivity index (χ2v) is 5.74. The van der Waals surface area contributed by atoms with Gasteiger partial charge in [0, 0.05) is 29.2 Å². The van der Waals surface area contributed by atoms with E-state index < -0.39 is 0 Å². The van der Waals surface area contributed by atoms with Crippen molar-refractivity contribution >= 4 is 0 Å². The molecule has 2 rings (SSSR count). The Labute approximate surface area is 130 Å². The molecule has 0 radical (unpaired) electrons. The van der Waals surface area contributed by atoms with Gasteiger partial charge in [-0.25, -0.2) is 0 Å². The van der Waals surface area contributed by atoms with Crippen LogP contribution >= 0.6 is 0 Å². The van der Waals surface area contributed by atoms with E-state index in [9.17, 15) is 20.4 Å². The van der Waals surface area contributed by atoms with Gasteiger partial charge in [0.25, 0.3) is 0 Å². The number of aromatic hydroxyl groups is 4. The molecule has 0 aromatic heterocycles. The van der Waals surface area contributed by atoms with Crippen molar-refractivity contribution < 1.29 is 20.4 Å². The highest BCUT2D eigenvalue weighted by molar-refractivity contribution is 5.53. The molecule has 0 aliphatic rings. The highest BCUT2D eigenvalue weighted by atomic mass is 16.3. The second-order valence-electron chi connectivity index (χ2n) is 5.74. The molecule has 2 aromatic carbocycles. The molecule has 4 nitrogen and oxygen atoms in total. The van der Waals surface area contributed by atoms with Gasteiger partial charge in [0.05, 0.1) is 0 Å². The molecule has 0 heterocycles. The van der Waals surface area contributed by atoms with Crippen LogP contribution in [0.1, 0.15) is 47.9 Å². The fraction of sp³-hybridized carbons (Fsp3) is 0.333. The molecule has 0 unspecified atom stereocenters. The van der Waals surface area contributed by atoms with E-state index in [0.29, 0.717) is 22.3 Å². The topological polar surface area (TPSA) is 80.9 Å². The molecule has 2 aromatic rings. The van der Waals surface area contributed by atoms with Crippen molar-refractivity contribution in [1.82, 2.24) is 0 Å². The summed E-state index contributed by atoms with van der Waals surface area (Å²) in [6, 6.07) is 6.15. The molecule has 0 saturated heterocycles. The summed E-state index contributed by atoms with van der Waals surface area (Å²) in [6.07, 6.45) is 1.60. The molecule has 0 aliphatic carbocycles. The normalized spacial score (nSPS) is 11.1. The molecule has 0 aliphatic heterocycles. The number of rotatable bonds is 4. The van der Waals surface area contributed by atoms with E-state index in [4.69, 9.17) is 0 Å². The van der Waals surface area contributed by atoms with E-state index in [1.165, 1.54) is 12.1 Å². The summed E-state index contributed by atoms with van der Waals surface area (Å²) in [5.74, 6) is -0.104. The first-order valence-electron chi connectivity index (χ1n) is 7.40. The fourth-order valence-corrected chi connectivity index (χ4v) is 2.74. The predicted octanol–water partition coefficient (Wildman–Crippen LogP) is 4.06. The first-order valence-corrected chi connectivity index (χ1v) is 7.40. The number of aryl methyl sites for hydroxylation is 2. The van der Waals surface area contributed by atoms with Crippen LogP contribution in [-0.2, 0) is 0 Å². The highest BCUT2D eigenvalue weighted by Crippen LogP contribution is 2.42. The zero-order valence-corrected chi connectivity index (χ0v) is 13.1. The average molecular weight is 302 g/mol. The van der Waals surface area contributed by atoms with Crippen LogP contribution in [0.5, 0.6) is 23.0 Å². The quantitative estimate of drug-likeness (QED) is 0.686. The Kier molecular flexibility index (Phi) is 4.50. The molecular formula is C18H22O4. The van der Waals surface area contributed by atoms with Crippen LogP contribution in [0, 0.1) is 13.8 Å². The van der Waals surface area contributed by atoms with Crippen molar-refractivity contribution in [3.8, 4) is 23.0 Å². The highest BCUT2D eigenvalue weighted by Gasteiger charge is 2.22. The smallest absolute Gasteiger partial charge is 0.123 e. The predicted molar refractivity (Wildman–Crippen MR) is 85.8 cm³/mol. The van der Waals surface area contributed by atoms with Crippen molar-refractivity contribution in [3.05, 3.63) is 46.5 Å². The van der Waals surface area contributed by atoms with Crippen LogP contribution in [0.4, 0.5) is 0 Å². The number of phenolic OH excluding ortho intramolecular Hbond substituents is 4. The van der Waals surface area contributed by atoms with Crippen molar-refractivity contribution in [2.75, 3.05) is 0 Å². The minimum Gasteiger partial charge on any atom is -0.508 e. The zero-order chi connectivity index (χ0) is 16.4. The molecule has 118 valence electrons. The van der Waals surface area contributed by atoms with E-state index >= 15 is 0 Å². The molecule has 4 N–H and O–H groups in total. The Morgan fingerprint density at radius 1 is 0.727 bits per heavy atom. The van der Waals surface area contributed by atoms with E-state index in [-0.39, 0.29) is 28.9 Å². The van der Waals surface area contributed by atoms with Gasteiger partial charge in [-0.3, -0.25) is 0 Å². The Bertz CT molecular complexity index is 634. The molecule has 0 saturated carbocycles. The lowest BCUT2D eigenvalue weighted by atomic mass is 9.85. The van der Waals surface area contributed by atoms with Crippen LogP contribution in [0.2, 0.25) is 0 Å². The third-order valence-electron chi connectivity index (χ3n) is 4.02. The van der Waals surface area contributed by atoms with Gasteiger partial charge < -0.3 is 20.4 Å². The van der Waals surface area contributed by atoms with Gasteiger partial charge in [-0.2, -0.15) is 0 Å². The maximum atomic E-state index is 10.2. The molecule has 0 amide bonds. The van der Waals surface area contributed by atoms with E-state index in [0.717, 1.165) is 12.8 Å². The monoisotopic (exact) mass is 302 g/mol. The Hall–Kier alpha value is -2.36. The molecule has 0 fully saturated rings. The van der Waals surface area contributed by atoms with Gasteiger partial charge in [-0.1, -0.05) is 13.3 Å². The maximum absolute atomic E-state index is 10.2. The number of benzene rings is 2. The van der Waals surface area contributed by atoms with E-state index in [2.05, 4.69) is 0 Å². The Balaban J connectivity index is 2.61. The van der Waals surface area contributed by atoms with E-state index in [1.54, 1.807) is 26.0 Å². The van der Waals surface area contributed by atoms with Crippen LogP contribution in [0.3, 0.4) is 0 Å². The Morgan fingerprint density at radius 2 is 1.14 bits per heavy atom. The minimum atomic E-state index is -0.205. The first kappa shape index (κ1) is 16.0. The lowest BCUT2D eigenvalue weighted by Gasteiger charge is -2.21. The lowest BCUT2D eigenvalue weighted by Crippen LogP contribution is -2.03. The third kappa shape index (κ3) is 2.96. The van der Waals surface area contributed by atoms with Gasteiger partial charge in [-0.15, -0.1) is 0 Å². The fourth-order valence-electron chi connectivity index (χ4n) is 2.74. The second kappa shape index (κ2) is 6.18. The van der Waals surface area contributed by atoms with Gasteiger partial charge in [0.15, 0.2) is 0 Å². The van der Waals surface area contributed by atoms with Crippen LogP contribution in [0.15, 0.2) is 24.3 Å². The van der Waals surface area contributed by atoms with Crippen molar-refractivity contribution in [1.29, 1.82) is 0 Å².